The number of carbonyl (C=O) groups excluding carboxylic acids is 1. The molecule has 7 nitrogen and oxygen atoms in total. The summed E-state index contributed by atoms with van der Waals surface area (Å²) in [5.74, 6) is 0.516. The van der Waals surface area contributed by atoms with Crippen LogP contribution in [0.1, 0.15) is 35.8 Å². The Morgan fingerprint density at radius 3 is 2.63 bits per heavy atom. The molecule has 1 aliphatic heterocycles. The molecule has 2 aliphatic rings. The number of hydrogen-bond donors (Lipinski definition) is 1. The topological polar surface area (TPSA) is 93.5 Å². The van der Waals surface area contributed by atoms with Crippen molar-refractivity contribution in [3.05, 3.63) is 16.0 Å². The van der Waals surface area contributed by atoms with Crippen LogP contribution in [0.4, 0.5) is 5.00 Å². The van der Waals surface area contributed by atoms with Crippen LogP contribution in [-0.4, -0.2) is 62.5 Å². The number of rotatable bonds is 5. The van der Waals surface area contributed by atoms with Gasteiger partial charge in [-0.15, -0.1) is 11.3 Å². The van der Waals surface area contributed by atoms with E-state index in [2.05, 4.69) is 18.3 Å². The Morgan fingerprint density at radius 2 is 2.04 bits per heavy atom. The number of nitriles is 1. The Bertz CT molecular complexity index is 849. The number of amides is 1. The predicted octanol–water partition coefficient (Wildman–Crippen LogP) is 1.65. The van der Waals surface area contributed by atoms with Crippen LogP contribution in [0.5, 0.6) is 0 Å². The van der Waals surface area contributed by atoms with Crippen LogP contribution in [0.15, 0.2) is 0 Å². The van der Waals surface area contributed by atoms with Crippen molar-refractivity contribution >= 4 is 32.3 Å². The zero-order valence-corrected chi connectivity index (χ0v) is 17.5. The second-order valence-corrected chi connectivity index (χ2v) is 10.4. The highest BCUT2D eigenvalue weighted by Crippen LogP contribution is 2.39. The lowest BCUT2D eigenvalue weighted by Crippen LogP contribution is -2.50. The van der Waals surface area contributed by atoms with Crippen molar-refractivity contribution in [1.29, 1.82) is 5.26 Å². The summed E-state index contributed by atoms with van der Waals surface area (Å²) < 4.78 is 24.6. The second-order valence-electron chi connectivity index (χ2n) is 7.32. The number of anilines is 1. The first-order valence-corrected chi connectivity index (χ1v) is 12.0. The number of sulfonamides is 1. The fraction of sp³-hybridized carbons (Fsp3) is 0.667. The normalized spacial score (nSPS) is 21.4. The third kappa shape index (κ3) is 4.69. The number of fused-ring (bicyclic) bond motifs is 1. The molecule has 1 aromatic heterocycles. The van der Waals surface area contributed by atoms with Gasteiger partial charge in [0.2, 0.25) is 15.9 Å². The van der Waals surface area contributed by atoms with E-state index in [1.807, 2.05) is 4.90 Å². The number of nitrogens with one attached hydrogen (secondary N) is 1. The third-order valence-electron chi connectivity index (χ3n) is 5.48. The van der Waals surface area contributed by atoms with Gasteiger partial charge in [-0.05, 0) is 30.7 Å². The van der Waals surface area contributed by atoms with Crippen LogP contribution in [0, 0.1) is 17.2 Å². The summed E-state index contributed by atoms with van der Waals surface area (Å²) in [5, 5.41) is 13.1. The molecular formula is C18H26N4O3S2. The zero-order chi connectivity index (χ0) is 19.6. The van der Waals surface area contributed by atoms with Crippen molar-refractivity contribution in [1.82, 2.24) is 9.21 Å². The summed E-state index contributed by atoms with van der Waals surface area (Å²) >= 11 is 1.54. The Balaban J connectivity index is 1.61. The molecule has 1 N–H and O–H groups in total. The maximum atomic E-state index is 12.5. The molecule has 1 fully saturated rings. The molecule has 1 amide bonds. The van der Waals surface area contributed by atoms with Gasteiger partial charge in [0.15, 0.2) is 0 Å². The van der Waals surface area contributed by atoms with Crippen molar-refractivity contribution in [2.75, 3.05) is 44.3 Å². The molecule has 1 atom stereocenters. The summed E-state index contributed by atoms with van der Waals surface area (Å²) in [7, 11) is -3.17. The SMILES string of the molecule is CCC1CCc2c(sc(NC(=O)CN3CCN(S(C)(=O)=O)CC3)c2C#N)C1. The highest BCUT2D eigenvalue weighted by atomic mass is 32.2. The quantitative estimate of drug-likeness (QED) is 0.797. The van der Waals surface area contributed by atoms with Gasteiger partial charge in [0, 0.05) is 31.1 Å². The third-order valence-corrected chi connectivity index (χ3v) is 7.95. The van der Waals surface area contributed by atoms with Crippen LogP contribution in [0.3, 0.4) is 0 Å². The second kappa shape index (κ2) is 8.27. The maximum absolute atomic E-state index is 12.5. The highest BCUT2D eigenvalue weighted by molar-refractivity contribution is 7.88. The Kier molecular flexibility index (Phi) is 6.21. The van der Waals surface area contributed by atoms with E-state index < -0.39 is 10.0 Å². The monoisotopic (exact) mass is 410 g/mol. The van der Waals surface area contributed by atoms with E-state index in [9.17, 15) is 18.5 Å². The van der Waals surface area contributed by atoms with Crippen molar-refractivity contribution in [3.63, 3.8) is 0 Å². The van der Waals surface area contributed by atoms with Gasteiger partial charge < -0.3 is 5.32 Å². The molecule has 0 spiro atoms. The number of hydrogen-bond acceptors (Lipinski definition) is 6. The molecule has 1 saturated heterocycles. The van der Waals surface area contributed by atoms with Gasteiger partial charge in [-0.3, -0.25) is 9.69 Å². The standard InChI is InChI=1S/C18H26N4O3S2/c1-3-13-4-5-14-15(11-19)18(26-16(14)10-13)20-17(23)12-21-6-8-22(9-7-21)27(2,24)25/h13H,3-10,12H2,1-2H3,(H,20,23). The minimum Gasteiger partial charge on any atom is -0.315 e. The Labute approximate surface area is 165 Å². The largest absolute Gasteiger partial charge is 0.315 e. The smallest absolute Gasteiger partial charge is 0.239 e. The number of thiophene rings is 1. The minimum atomic E-state index is -3.17. The van der Waals surface area contributed by atoms with E-state index in [4.69, 9.17) is 0 Å². The lowest BCUT2D eigenvalue weighted by Gasteiger charge is -2.32. The van der Waals surface area contributed by atoms with E-state index in [0.717, 1.165) is 31.2 Å². The first kappa shape index (κ1) is 20.3. The molecule has 2 heterocycles. The average molecular weight is 411 g/mol. The number of piperazine rings is 1. The number of carbonyl (C=O) groups is 1. The van der Waals surface area contributed by atoms with Crippen LogP contribution in [0.2, 0.25) is 0 Å². The van der Waals surface area contributed by atoms with E-state index in [-0.39, 0.29) is 12.5 Å². The molecule has 148 valence electrons. The molecule has 0 saturated carbocycles. The van der Waals surface area contributed by atoms with Gasteiger partial charge in [0.05, 0.1) is 18.4 Å². The first-order valence-electron chi connectivity index (χ1n) is 9.33. The van der Waals surface area contributed by atoms with Crippen LogP contribution >= 0.6 is 11.3 Å². The van der Waals surface area contributed by atoms with E-state index in [0.29, 0.717) is 42.7 Å². The molecule has 0 aromatic carbocycles. The van der Waals surface area contributed by atoms with Gasteiger partial charge in [-0.25, -0.2) is 8.42 Å². The van der Waals surface area contributed by atoms with Gasteiger partial charge >= 0.3 is 0 Å². The lowest BCUT2D eigenvalue weighted by atomic mass is 9.86. The molecule has 1 aromatic rings. The fourth-order valence-electron chi connectivity index (χ4n) is 3.80. The summed E-state index contributed by atoms with van der Waals surface area (Å²) in [5.41, 5.74) is 1.74. The summed E-state index contributed by atoms with van der Waals surface area (Å²) in [4.78, 5) is 15.7. The first-order chi connectivity index (χ1) is 12.8. The van der Waals surface area contributed by atoms with E-state index >= 15 is 0 Å². The van der Waals surface area contributed by atoms with Crippen LogP contribution in [0.25, 0.3) is 0 Å². The fourth-order valence-corrected chi connectivity index (χ4v) is 5.95. The molecule has 0 radical (unpaired) electrons. The molecule has 0 bridgehead atoms. The highest BCUT2D eigenvalue weighted by Gasteiger charge is 2.27. The Morgan fingerprint density at radius 1 is 1.33 bits per heavy atom. The van der Waals surface area contributed by atoms with Crippen molar-refractivity contribution in [2.24, 2.45) is 5.92 Å². The van der Waals surface area contributed by atoms with Crippen molar-refractivity contribution in [3.8, 4) is 6.07 Å². The van der Waals surface area contributed by atoms with Gasteiger partial charge in [0.25, 0.3) is 0 Å². The van der Waals surface area contributed by atoms with Gasteiger partial charge in [-0.1, -0.05) is 13.3 Å². The average Bonchev–Trinajstić information content (AvgIpc) is 2.97. The van der Waals surface area contributed by atoms with Gasteiger partial charge in [-0.2, -0.15) is 9.57 Å². The number of nitrogens with zero attached hydrogens (tertiary/aromatic N) is 3. The minimum absolute atomic E-state index is 0.148. The van der Waals surface area contributed by atoms with E-state index in [1.54, 1.807) is 0 Å². The summed E-state index contributed by atoms with van der Waals surface area (Å²) in [6.07, 6.45) is 5.36. The zero-order valence-electron chi connectivity index (χ0n) is 15.8. The lowest BCUT2D eigenvalue weighted by molar-refractivity contribution is -0.117. The summed E-state index contributed by atoms with van der Waals surface area (Å²) in [6.45, 7) is 4.28. The van der Waals surface area contributed by atoms with Gasteiger partial charge in [0.1, 0.15) is 11.1 Å². The van der Waals surface area contributed by atoms with Crippen LogP contribution < -0.4 is 5.32 Å². The summed E-state index contributed by atoms with van der Waals surface area (Å²) in [6, 6.07) is 2.28. The predicted molar refractivity (Wildman–Crippen MR) is 106 cm³/mol. The molecule has 3 rings (SSSR count). The molecule has 1 aliphatic carbocycles. The van der Waals surface area contributed by atoms with Crippen molar-refractivity contribution in [2.45, 2.75) is 32.6 Å². The molecular weight excluding hydrogens is 384 g/mol. The Hall–Kier alpha value is -1.47. The maximum Gasteiger partial charge on any atom is 0.239 e. The van der Waals surface area contributed by atoms with E-state index in [1.165, 1.54) is 26.8 Å². The van der Waals surface area contributed by atoms with Crippen LogP contribution in [-0.2, 0) is 27.7 Å². The molecule has 27 heavy (non-hydrogen) atoms. The molecule has 1 unspecified atom stereocenters. The van der Waals surface area contributed by atoms with Crippen molar-refractivity contribution < 1.29 is 13.2 Å². The molecule has 9 heteroatoms.